The number of carbonyl (C=O) groups excluding carboxylic acids is 1. The molecular weight excluding hydrogens is 352 g/mol. The van der Waals surface area contributed by atoms with E-state index in [4.69, 9.17) is 4.74 Å². The van der Waals surface area contributed by atoms with Crippen molar-refractivity contribution >= 4 is 11.7 Å². The molecule has 0 fully saturated rings. The molecule has 28 heavy (non-hydrogen) atoms. The maximum atomic E-state index is 12.4. The Morgan fingerprint density at radius 3 is 2.57 bits per heavy atom. The van der Waals surface area contributed by atoms with Crippen LogP contribution in [0.25, 0.3) is 0 Å². The summed E-state index contributed by atoms with van der Waals surface area (Å²) in [6, 6.07) is 19.4. The summed E-state index contributed by atoms with van der Waals surface area (Å²) < 4.78 is 5.25. The van der Waals surface area contributed by atoms with Crippen LogP contribution in [0.15, 0.2) is 60.7 Å². The van der Waals surface area contributed by atoms with E-state index in [0.717, 1.165) is 17.7 Å². The van der Waals surface area contributed by atoms with Crippen LogP contribution in [0.2, 0.25) is 0 Å². The van der Waals surface area contributed by atoms with E-state index in [0.29, 0.717) is 30.4 Å². The molecule has 0 aliphatic carbocycles. The van der Waals surface area contributed by atoms with Crippen LogP contribution in [0.5, 0.6) is 5.75 Å². The van der Waals surface area contributed by atoms with Crippen LogP contribution in [-0.2, 0) is 13.0 Å². The smallest absolute Gasteiger partial charge is 0.270 e. The van der Waals surface area contributed by atoms with Crippen LogP contribution < -0.4 is 15.4 Å². The van der Waals surface area contributed by atoms with Crippen molar-refractivity contribution in [1.82, 2.24) is 15.3 Å². The normalized spacial score (nSPS) is 10.4. The van der Waals surface area contributed by atoms with E-state index in [-0.39, 0.29) is 5.91 Å². The van der Waals surface area contributed by atoms with Gasteiger partial charge >= 0.3 is 0 Å². The fourth-order valence-corrected chi connectivity index (χ4v) is 2.81. The highest BCUT2D eigenvalue weighted by molar-refractivity contribution is 5.92. The molecule has 0 aliphatic heterocycles. The summed E-state index contributed by atoms with van der Waals surface area (Å²) in [7, 11) is 1.66. The first-order valence-electron chi connectivity index (χ1n) is 9.18. The van der Waals surface area contributed by atoms with Crippen molar-refractivity contribution in [2.24, 2.45) is 0 Å². The van der Waals surface area contributed by atoms with Crippen molar-refractivity contribution in [3.05, 3.63) is 83.3 Å². The molecule has 3 rings (SSSR count). The number of carbonyl (C=O) groups is 1. The van der Waals surface area contributed by atoms with Crippen LogP contribution in [-0.4, -0.2) is 29.5 Å². The van der Waals surface area contributed by atoms with E-state index < -0.39 is 0 Å². The molecule has 6 nitrogen and oxygen atoms in total. The molecule has 1 amide bonds. The Morgan fingerprint density at radius 2 is 1.79 bits per heavy atom. The van der Waals surface area contributed by atoms with Gasteiger partial charge in [-0.2, -0.15) is 0 Å². The number of ether oxygens (including phenoxy) is 1. The summed E-state index contributed by atoms with van der Waals surface area (Å²) in [6.07, 6.45) is 0.815. The standard InChI is InChI=1S/C22H24N4O2/c1-16-25-20(22(27)24-15-18-7-4-3-5-8-18)14-21(26-16)23-12-11-17-9-6-10-19(13-17)28-2/h3-10,13-14H,11-12,15H2,1-2H3,(H,24,27)(H,23,25,26). The van der Waals surface area contributed by atoms with Crippen molar-refractivity contribution < 1.29 is 9.53 Å². The summed E-state index contributed by atoms with van der Waals surface area (Å²) in [5.41, 5.74) is 2.56. The lowest BCUT2D eigenvalue weighted by molar-refractivity contribution is 0.0945. The van der Waals surface area contributed by atoms with E-state index in [1.165, 1.54) is 5.56 Å². The third kappa shape index (κ3) is 5.54. The van der Waals surface area contributed by atoms with Gasteiger partial charge in [-0.1, -0.05) is 42.5 Å². The molecule has 0 aliphatic rings. The monoisotopic (exact) mass is 376 g/mol. The number of benzene rings is 2. The minimum absolute atomic E-state index is 0.217. The zero-order valence-corrected chi connectivity index (χ0v) is 16.1. The van der Waals surface area contributed by atoms with Gasteiger partial charge in [-0.3, -0.25) is 4.79 Å². The number of hydrogen-bond donors (Lipinski definition) is 2. The zero-order valence-electron chi connectivity index (χ0n) is 16.1. The van der Waals surface area contributed by atoms with Gasteiger partial charge in [0.15, 0.2) is 0 Å². The summed E-state index contributed by atoms with van der Waals surface area (Å²) in [6.45, 7) is 2.93. The molecule has 0 radical (unpaired) electrons. The molecule has 2 N–H and O–H groups in total. The summed E-state index contributed by atoms with van der Waals surface area (Å²) >= 11 is 0. The van der Waals surface area contributed by atoms with Crippen LogP contribution in [0.3, 0.4) is 0 Å². The second-order valence-electron chi connectivity index (χ2n) is 6.38. The third-order valence-electron chi connectivity index (χ3n) is 4.22. The second-order valence-corrected chi connectivity index (χ2v) is 6.38. The minimum atomic E-state index is -0.217. The van der Waals surface area contributed by atoms with Crippen molar-refractivity contribution in [3.8, 4) is 5.75 Å². The van der Waals surface area contributed by atoms with Gasteiger partial charge in [0, 0.05) is 19.2 Å². The molecule has 0 spiro atoms. The van der Waals surface area contributed by atoms with Crippen molar-refractivity contribution in [2.45, 2.75) is 19.9 Å². The van der Waals surface area contributed by atoms with Gasteiger partial charge in [-0.05, 0) is 36.6 Å². The molecule has 3 aromatic rings. The van der Waals surface area contributed by atoms with Gasteiger partial charge < -0.3 is 15.4 Å². The molecular formula is C22H24N4O2. The fourth-order valence-electron chi connectivity index (χ4n) is 2.81. The van der Waals surface area contributed by atoms with E-state index >= 15 is 0 Å². The van der Waals surface area contributed by atoms with Crippen LogP contribution >= 0.6 is 0 Å². The number of nitrogens with one attached hydrogen (secondary N) is 2. The second kappa shape index (κ2) is 9.50. The Kier molecular flexibility index (Phi) is 6.57. The van der Waals surface area contributed by atoms with Crippen LogP contribution in [0, 0.1) is 6.92 Å². The first kappa shape index (κ1) is 19.4. The van der Waals surface area contributed by atoms with E-state index in [1.54, 1.807) is 20.1 Å². The number of anilines is 1. The average Bonchev–Trinajstić information content (AvgIpc) is 2.72. The van der Waals surface area contributed by atoms with Crippen molar-refractivity contribution in [3.63, 3.8) is 0 Å². The highest BCUT2D eigenvalue weighted by atomic mass is 16.5. The van der Waals surface area contributed by atoms with Crippen molar-refractivity contribution in [2.75, 3.05) is 19.0 Å². The summed E-state index contributed by atoms with van der Waals surface area (Å²) in [5.74, 6) is 1.81. The predicted molar refractivity (Wildman–Crippen MR) is 110 cm³/mol. The van der Waals surface area contributed by atoms with Crippen molar-refractivity contribution in [1.29, 1.82) is 0 Å². The Labute approximate surface area is 165 Å². The van der Waals surface area contributed by atoms with E-state index in [9.17, 15) is 4.79 Å². The number of amides is 1. The molecule has 0 atom stereocenters. The number of rotatable bonds is 8. The number of methoxy groups -OCH3 is 1. The van der Waals surface area contributed by atoms with Crippen LogP contribution in [0.1, 0.15) is 27.4 Å². The van der Waals surface area contributed by atoms with E-state index in [2.05, 4.69) is 26.7 Å². The van der Waals surface area contributed by atoms with Gasteiger partial charge in [0.1, 0.15) is 23.1 Å². The highest BCUT2D eigenvalue weighted by Crippen LogP contribution is 2.13. The molecule has 0 bridgehead atoms. The highest BCUT2D eigenvalue weighted by Gasteiger charge is 2.10. The predicted octanol–water partition coefficient (Wildman–Crippen LogP) is 3.38. The molecule has 6 heteroatoms. The molecule has 0 saturated carbocycles. The SMILES string of the molecule is COc1cccc(CCNc2cc(C(=O)NCc3ccccc3)nc(C)n2)c1. The average molecular weight is 376 g/mol. The third-order valence-corrected chi connectivity index (χ3v) is 4.22. The lowest BCUT2D eigenvalue weighted by Gasteiger charge is -2.10. The molecule has 1 aromatic heterocycles. The Balaban J connectivity index is 1.58. The first-order chi connectivity index (χ1) is 13.6. The van der Waals surface area contributed by atoms with Gasteiger partial charge in [0.2, 0.25) is 0 Å². The lowest BCUT2D eigenvalue weighted by atomic mass is 10.1. The molecule has 0 saturated heterocycles. The molecule has 144 valence electrons. The lowest BCUT2D eigenvalue weighted by Crippen LogP contribution is -2.24. The van der Waals surface area contributed by atoms with Gasteiger partial charge in [0.05, 0.1) is 7.11 Å². The largest absolute Gasteiger partial charge is 0.497 e. The molecule has 2 aromatic carbocycles. The van der Waals surface area contributed by atoms with Gasteiger partial charge in [0.25, 0.3) is 5.91 Å². The maximum absolute atomic E-state index is 12.4. The molecule has 0 unspecified atom stereocenters. The number of aryl methyl sites for hydroxylation is 1. The Morgan fingerprint density at radius 1 is 1.00 bits per heavy atom. The Hall–Kier alpha value is -3.41. The topological polar surface area (TPSA) is 76.1 Å². The number of hydrogen-bond acceptors (Lipinski definition) is 5. The minimum Gasteiger partial charge on any atom is -0.497 e. The summed E-state index contributed by atoms with van der Waals surface area (Å²) in [4.78, 5) is 21.1. The van der Waals surface area contributed by atoms with Gasteiger partial charge in [-0.15, -0.1) is 0 Å². The fraction of sp³-hybridized carbons (Fsp3) is 0.227. The molecule has 1 heterocycles. The first-order valence-corrected chi connectivity index (χ1v) is 9.18. The number of aromatic nitrogens is 2. The zero-order chi connectivity index (χ0) is 19.8. The van der Waals surface area contributed by atoms with Crippen LogP contribution in [0.4, 0.5) is 5.82 Å². The van der Waals surface area contributed by atoms with Gasteiger partial charge in [-0.25, -0.2) is 9.97 Å². The quantitative estimate of drug-likeness (QED) is 0.630. The Bertz CT molecular complexity index is 929. The summed E-state index contributed by atoms with van der Waals surface area (Å²) in [5, 5.41) is 6.16. The number of nitrogens with zero attached hydrogens (tertiary/aromatic N) is 2. The van der Waals surface area contributed by atoms with E-state index in [1.807, 2.05) is 48.5 Å². The maximum Gasteiger partial charge on any atom is 0.270 e.